The molecule has 0 aliphatic rings. The van der Waals surface area contributed by atoms with Crippen LogP contribution in [0.2, 0.25) is 0 Å². The van der Waals surface area contributed by atoms with Gasteiger partial charge in [0, 0.05) is 12.7 Å². The Morgan fingerprint density at radius 1 is 0.905 bits per heavy atom. The van der Waals surface area contributed by atoms with Crippen molar-refractivity contribution in [3.8, 4) is 0 Å². The fraction of sp³-hybridized carbons (Fsp3) is 0.812. The Kier molecular flexibility index (Phi) is 8.47. The van der Waals surface area contributed by atoms with Crippen molar-refractivity contribution in [1.29, 1.82) is 0 Å². The third kappa shape index (κ3) is 8.12. The monoisotopic (exact) mass is 304 g/mol. The van der Waals surface area contributed by atoms with E-state index < -0.39 is 11.9 Å². The Labute approximate surface area is 125 Å². The van der Waals surface area contributed by atoms with Gasteiger partial charge in [-0.2, -0.15) is 18.3 Å². The predicted octanol–water partition coefficient (Wildman–Crippen LogP) is 5.82. The number of unbranched alkanes of at least 4 members (excludes halogenated alkanes) is 9. The van der Waals surface area contributed by atoms with Crippen molar-refractivity contribution in [2.75, 3.05) is 0 Å². The zero-order valence-electron chi connectivity index (χ0n) is 13.0. The number of aromatic nitrogens is 2. The van der Waals surface area contributed by atoms with Crippen LogP contribution in [0.4, 0.5) is 13.2 Å². The Balaban J connectivity index is 1.98. The predicted molar refractivity (Wildman–Crippen MR) is 79.1 cm³/mol. The van der Waals surface area contributed by atoms with Crippen LogP contribution in [0.15, 0.2) is 12.3 Å². The lowest BCUT2D eigenvalue weighted by Crippen LogP contribution is -2.08. The molecule has 0 bridgehead atoms. The van der Waals surface area contributed by atoms with Gasteiger partial charge in [-0.15, -0.1) is 0 Å². The summed E-state index contributed by atoms with van der Waals surface area (Å²) in [6.07, 6.45) is 9.34. The molecule has 0 radical (unpaired) electrons. The average molecular weight is 304 g/mol. The summed E-state index contributed by atoms with van der Waals surface area (Å²) in [5.41, 5.74) is -0.797. The van der Waals surface area contributed by atoms with E-state index in [-0.39, 0.29) is 0 Å². The zero-order chi connectivity index (χ0) is 15.6. The van der Waals surface area contributed by atoms with Crippen molar-refractivity contribution in [2.24, 2.45) is 0 Å². The van der Waals surface area contributed by atoms with Gasteiger partial charge >= 0.3 is 6.18 Å². The molecule has 21 heavy (non-hydrogen) atoms. The maximum Gasteiger partial charge on any atom is 0.435 e. The van der Waals surface area contributed by atoms with Crippen LogP contribution in [0.3, 0.4) is 0 Å². The van der Waals surface area contributed by atoms with Crippen molar-refractivity contribution >= 4 is 0 Å². The first kappa shape index (κ1) is 18.1. The summed E-state index contributed by atoms with van der Waals surface area (Å²) in [5, 5.41) is 3.55. The van der Waals surface area contributed by atoms with E-state index in [0.29, 0.717) is 6.54 Å². The van der Waals surface area contributed by atoms with Gasteiger partial charge in [-0.3, -0.25) is 4.68 Å². The normalized spacial score (nSPS) is 12.0. The summed E-state index contributed by atoms with van der Waals surface area (Å²) in [5.74, 6) is 0. The van der Waals surface area contributed by atoms with Crippen LogP contribution in [0.25, 0.3) is 0 Å². The minimum atomic E-state index is -4.33. The number of aryl methyl sites for hydroxylation is 1. The van der Waals surface area contributed by atoms with E-state index in [9.17, 15) is 13.2 Å². The second-order valence-corrected chi connectivity index (χ2v) is 5.64. The smallest absolute Gasteiger partial charge is 0.272 e. The van der Waals surface area contributed by atoms with Crippen LogP contribution < -0.4 is 0 Å². The topological polar surface area (TPSA) is 17.8 Å². The van der Waals surface area contributed by atoms with Gasteiger partial charge in [0.05, 0.1) is 0 Å². The molecule has 0 aromatic carbocycles. The molecule has 0 atom stereocenters. The number of nitrogens with zero attached hydrogens (tertiary/aromatic N) is 2. The van der Waals surface area contributed by atoms with E-state index in [2.05, 4.69) is 12.0 Å². The molecule has 0 fully saturated rings. The Morgan fingerprint density at radius 2 is 1.43 bits per heavy atom. The third-order valence-corrected chi connectivity index (χ3v) is 3.67. The van der Waals surface area contributed by atoms with Gasteiger partial charge in [-0.1, -0.05) is 64.7 Å². The van der Waals surface area contributed by atoms with Crippen LogP contribution in [-0.4, -0.2) is 9.78 Å². The molecule has 1 aromatic rings. The van der Waals surface area contributed by atoms with Crippen LogP contribution in [0.1, 0.15) is 76.8 Å². The highest BCUT2D eigenvalue weighted by Gasteiger charge is 2.33. The molecule has 0 saturated carbocycles. The third-order valence-electron chi connectivity index (χ3n) is 3.67. The Morgan fingerprint density at radius 3 is 1.90 bits per heavy atom. The van der Waals surface area contributed by atoms with Crippen molar-refractivity contribution < 1.29 is 13.2 Å². The maximum atomic E-state index is 12.4. The SMILES string of the molecule is CCCCCCCCCCCCn1ccc(C(F)(F)F)n1. The van der Waals surface area contributed by atoms with Crippen LogP contribution in [-0.2, 0) is 12.7 Å². The first-order valence-corrected chi connectivity index (χ1v) is 8.14. The van der Waals surface area contributed by atoms with Gasteiger partial charge in [-0.05, 0) is 12.5 Å². The lowest BCUT2D eigenvalue weighted by molar-refractivity contribution is -0.141. The van der Waals surface area contributed by atoms with Gasteiger partial charge in [0.25, 0.3) is 0 Å². The number of rotatable bonds is 11. The molecule has 1 heterocycles. The summed E-state index contributed by atoms with van der Waals surface area (Å²) in [7, 11) is 0. The molecule has 0 aliphatic carbocycles. The van der Waals surface area contributed by atoms with E-state index in [4.69, 9.17) is 0 Å². The molecular formula is C16H27F3N2. The summed E-state index contributed by atoms with van der Waals surface area (Å²) in [6.45, 7) is 2.80. The molecule has 0 unspecified atom stereocenters. The molecule has 0 N–H and O–H groups in total. The lowest BCUT2D eigenvalue weighted by Gasteiger charge is -2.04. The maximum absolute atomic E-state index is 12.4. The van der Waals surface area contributed by atoms with Crippen molar-refractivity contribution in [1.82, 2.24) is 9.78 Å². The highest BCUT2D eigenvalue weighted by molar-refractivity contribution is 5.03. The summed E-state index contributed by atoms with van der Waals surface area (Å²) in [6, 6.07) is 1.04. The second kappa shape index (κ2) is 9.85. The second-order valence-electron chi connectivity index (χ2n) is 5.64. The average Bonchev–Trinajstić information content (AvgIpc) is 2.90. The van der Waals surface area contributed by atoms with E-state index in [0.717, 1.165) is 18.9 Å². The lowest BCUT2D eigenvalue weighted by atomic mass is 10.1. The number of hydrogen-bond donors (Lipinski definition) is 0. The number of alkyl halides is 3. The molecule has 0 aliphatic heterocycles. The van der Waals surface area contributed by atoms with Crippen molar-refractivity contribution in [3.63, 3.8) is 0 Å². The molecule has 5 heteroatoms. The van der Waals surface area contributed by atoms with Crippen molar-refractivity contribution in [3.05, 3.63) is 18.0 Å². The minimum Gasteiger partial charge on any atom is -0.272 e. The molecule has 1 rings (SSSR count). The van der Waals surface area contributed by atoms with Crippen LogP contribution >= 0.6 is 0 Å². The highest BCUT2D eigenvalue weighted by atomic mass is 19.4. The van der Waals surface area contributed by atoms with Gasteiger partial charge < -0.3 is 0 Å². The van der Waals surface area contributed by atoms with E-state index in [1.54, 1.807) is 0 Å². The Bertz CT molecular complexity index is 372. The highest BCUT2D eigenvalue weighted by Crippen LogP contribution is 2.27. The van der Waals surface area contributed by atoms with Gasteiger partial charge in [0.15, 0.2) is 5.69 Å². The van der Waals surface area contributed by atoms with E-state index >= 15 is 0 Å². The van der Waals surface area contributed by atoms with E-state index in [1.807, 2.05) is 0 Å². The minimum absolute atomic E-state index is 0.576. The van der Waals surface area contributed by atoms with Gasteiger partial charge in [-0.25, -0.2) is 0 Å². The molecule has 122 valence electrons. The first-order chi connectivity index (χ1) is 10.0. The summed E-state index contributed by atoms with van der Waals surface area (Å²) in [4.78, 5) is 0. The fourth-order valence-electron chi connectivity index (χ4n) is 2.40. The number of hydrogen-bond acceptors (Lipinski definition) is 1. The molecule has 0 saturated heterocycles. The Hall–Kier alpha value is -1.00. The molecule has 0 spiro atoms. The number of halogens is 3. The standard InChI is InChI=1S/C16H27F3N2/c1-2-3-4-5-6-7-8-9-10-11-13-21-14-12-15(20-21)16(17,18)19/h12,14H,2-11,13H2,1H3. The molecule has 0 amide bonds. The summed E-state index contributed by atoms with van der Waals surface area (Å²) < 4.78 is 38.5. The zero-order valence-corrected chi connectivity index (χ0v) is 13.0. The summed E-state index contributed by atoms with van der Waals surface area (Å²) >= 11 is 0. The molecule has 1 aromatic heterocycles. The van der Waals surface area contributed by atoms with Crippen LogP contribution in [0.5, 0.6) is 0 Å². The molecular weight excluding hydrogens is 277 g/mol. The van der Waals surface area contributed by atoms with Gasteiger partial charge in [0.2, 0.25) is 0 Å². The molecule has 2 nitrogen and oxygen atoms in total. The largest absolute Gasteiger partial charge is 0.435 e. The van der Waals surface area contributed by atoms with Gasteiger partial charge in [0.1, 0.15) is 0 Å². The van der Waals surface area contributed by atoms with Crippen molar-refractivity contribution in [2.45, 2.75) is 83.9 Å². The fourth-order valence-corrected chi connectivity index (χ4v) is 2.40. The first-order valence-electron chi connectivity index (χ1n) is 8.14. The van der Waals surface area contributed by atoms with Crippen LogP contribution in [0, 0.1) is 0 Å². The quantitative estimate of drug-likeness (QED) is 0.471. The van der Waals surface area contributed by atoms with E-state index in [1.165, 1.54) is 62.2 Å².